The van der Waals surface area contributed by atoms with Crippen LogP contribution in [0, 0.1) is 0 Å². The summed E-state index contributed by atoms with van der Waals surface area (Å²) in [5.74, 6) is -0.0721. The number of carbonyl (C=O) groups excluding carboxylic acids is 2. The van der Waals surface area contributed by atoms with Gasteiger partial charge in [0.2, 0.25) is 11.8 Å². The van der Waals surface area contributed by atoms with Gasteiger partial charge in [-0.3, -0.25) is 14.6 Å². The average molecular weight is 306 g/mol. The maximum Gasteiger partial charge on any atom is 0.221 e. The molecule has 0 saturated heterocycles. The molecule has 0 aliphatic rings. The van der Waals surface area contributed by atoms with E-state index in [9.17, 15) is 9.59 Å². The summed E-state index contributed by atoms with van der Waals surface area (Å²) >= 11 is 0. The van der Waals surface area contributed by atoms with Crippen LogP contribution in [0.1, 0.15) is 25.5 Å². The summed E-state index contributed by atoms with van der Waals surface area (Å²) in [7, 11) is 4.01. The highest BCUT2D eigenvalue weighted by atomic mass is 16.2. The van der Waals surface area contributed by atoms with Crippen molar-refractivity contribution < 1.29 is 9.59 Å². The molecular formula is C16H26N4O2. The van der Waals surface area contributed by atoms with Gasteiger partial charge in [0.1, 0.15) is 0 Å². The van der Waals surface area contributed by atoms with Gasteiger partial charge in [-0.05, 0) is 39.2 Å². The molecule has 122 valence electrons. The lowest BCUT2D eigenvalue weighted by Crippen LogP contribution is -2.34. The summed E-state index contributed by atoms with van der Waals surface area (Å²) in [6, 6.07) is 5.60. The number of carbonyl (C=O) groups is 2. The quantitative estimate of drug-likeness (QED) is 0.688. The first-order valence-corrected chi connectivity index (χ1v) is 7.56. The van der Waals surface area contributed by atoms with Gasteiger partial charge < -0.3 is 15.1 Å². The third-order valence-corrected chi connectivity index (χ3v) is 3.24. The Labute approximate surface area is 132 Å². The van der Waals surface area contributed by atoms with Crippen LogP contribution in [0.3, 0.4) is 0 Å². The van der Waals surface area contributed by atoms with Gasteiger partial charge in [-0.15, -0.1) is 0 Å². The minimum atomic E-state index is -0.0499. The van der Waals surface area contributed by atoms with E-state index in [4.69, 9.17) is 0 Å². The first kappa shape index (κ1) is 18.1. The molecular weight excluding hydrogens is 280 g/mol. The predicted octanol–water partition coefficient (Wildman–Crippen LogP) is 0.888. The van der Waals surface area contributed by atoms with Gasteiger partial charge in [0.05, 0.1) is 12.2 Å². The Kier molecular flexibility index (Phi) is 8.14. The molecule has 1 aromatic rings. The predicted molar refractivity (Wildman–Crippen MR) is 86.1 cm³/mol. The fourth-order valence-corrected chi connectivity index (χ4v) is 1.98. The molecule has 1 rings (SSSR count). The molecule has 1 N–H and O–H groups in total. The number of hydrogen-bond acceptors (Lipinski definition) is 4. The van der Waals surface area contributed by atoms with Crippen LogP contribution in [0.15, 0.2) is 24.4 Å². The number of pyridine rings is 1. The number of amides is 2. The Morgan fingerprint density at radius 2 is 2.00 bits per heavy atom. The Balaban J connectivity index is 2.32. The number of nitrogens with one attached hydrogen (secondary N) is 1. The molecule has 22 heavy (non-hydrogen) atoms. The summed E-state index contributed by atoms with van der Waals surface area (Å²) in [6.07, 6.45) is 2.93. The highest BCUT2D eigenvalue weighted by Gasteiger charge is 2.12. The van der Waals surface area contributed by atoms with Gasteiger partial charge in [0, 0.05) is 32.6 Å². The van der Waals surface area contributed by atoms with E-state index in [1.807, 2.05) is 32.3 Å². The number of hydrogen-bond donors (Lipinski definition) is 1. The van der Waals surface area contributed by atoms with Gasteiger partial charge in [-0.25, -0.2) is 0 Å². The fraction of sp³-hybridized carbons (Fsp3) is 0.562. The lowest BCUT2D eigenvalue weighted by molar-refractivity contribution is -0.130. The SMILES string of the molecule is CC(=O)N(CCC(=O)NCCCN(C)C)Cc1ccccn1. The Hall–Kier alpha value is -1.95. The molecule has 0 atom stereocenters. The van der Waals surface area contributed by atoms with E-state index in [1.54, 1.807) is 11.1 Å². The maximum absolute atomic E-state index is 11.8. The van der Waals surface area contributed by atoms with Crippen molar-refractivity contribution >= 4 is 11.8 Å². The van der Waals surface area contributed by atoms with E-state index < -0.39 is 0 Å². The third-order valence-electron chi connectivity index (χ3n) is 3.24. The van der Waals surface area contributed by atoms with Crippen LogP contribution in [0.2, 0.25) is 0 Å². The molecule has 0 bridgehead atoms. The maximum atomic E-state index is 11.8. The van der Waals surface area contributed by atoms with Crippen LogP contribution in [-0.4, -0.2) is 60.3 Å². The van der Waals surface area contributed by atoms with E-state index in [1.165, 1.54) is 6.92 Å². The second-order valence-electron chi connectivity index (χ2n) is 5.52. The van der Waals surface area contributed by atoms with Crippen molar-refractivity contribution in [2.24, 2.45) is 0 Å². The van der Waals surface area contributed by atoms with Crippen molar-refractivity contribution in [3.8, 4) is 0 Å². The van der Waals surface area contributed by atoms with E-state index >= 15 is 0 Å². The number of aromatic nitrogens is 1. The highest BCUT2D eigenvalue weighted by molar-refractivity contribution is 5.77. The summed E-state index contributed by atoms with van der Waals surface area (Å²) in [4.78, 5) is 31.4. The zero-order valence-electron chi connectivity index (χ0n) is 13.7. The summed E-state index contributed by atoms with van der Waals surface area (Å²) in [5.41, 5.74) is 0.823. The molecule has 6 nitrogen and oxygen atoms in total. The monoisotopic (exact) mass is 306 g/mol. The third kappa shape index (κ3) is 7.73. The molecule has 1 heterocycles. The molecule has 0 radical (unpaired) electrons. The Morgan fingerprint density at radius 1 is 1.23 bits per heavy atom. The van der Waals surface area contributed by atoms with Gasteiger partial charge in [-0.2, -0.15) is 0 Å². The molecule has 0 spiro atoms. The molecule has 2 amide bonds. The van der Waals surface area contributed by atoms with Crippen LogP contribution in [0.4, 0.5) is 0 Å². The smallest absolute Gasteiger partial charge is 0.221 e. The van der Waals surface area contributed by atoms with Crippen molar-refractivity contribution in [3.63, 3.8) is 0 Å². The van der Waals surface area contributed by atoms with Gasteiger partial charge in [0.25, 0.3) is 0 Å². The van der Waals surface area contributed by atoms with Gasteiger partial charge in [0.15, 0.2) is 0 Å². The van der Waals surface area contributed by atoms with Gasteiger partial charge >= 0.3 is 0 Å². The first-order chi connectivity index (χ1) is 10.5. The van der Waals surface area contributed by atoms with Crippen LogP contribution in [-0.2, 0) is 16.1 Å². The first-order valence-electron chi connectivity index (χ1n) is 7.56. The molecule has 0 aromatic carbocycles. The lowest BCUT2D eigenvalue weighted by atomic mass is 10.3. The Bertz CT molecular complexity index is 462. The lowest BCUT2D eigenvalue weighted by Gasteiger charge is -2.20. The number of nitrogens with zero attached hydrogens (tertiary/aromatic N) is 3. The van der Waals surface area contributed by atoms with E-state index in [0.717, 1.165) is 18.7 Å². The summed E-state index contributed by atoms with van der Waals surface area (Å²) < 4.78 is 0. The second-order valence-corrected chi connectivity index (χ2v) is 5.52. The summed E-state index contributed by atoms with van der Waals surface area (Å²) in [6.45, 7) is 3.96. The minimum Gasteiger partial charge on any atom is -0.356 e. The van der Waals surface area contributed by atoms with Crippen LogP contribution in [0.5, 0.6) is 0 Å². The molecule has 0 fully saturated rings. The molecule has 6 heteroatoms. The molecule has 0 unspecified atom stereocenters. The molecule has 0 aliphatic heterocycles. The minimum absolute atomic E-state index is 0.0222. The van der Waals surface area contributed by atoms with E-state index in [0.29, 0.717) is 26.1 Å². The van der Waals surface area contributed by atoms with Crippen LogP contribution < -0.4 is 5.32 Å². The Morgan fingerprint density at radius 3 is 2.59 bits per heavy atom. The zero-order valence-corrected chi connectivity index (χ0v) is 13.7. The fourth-order valence-electron chi connectivity index (χ4n) is 1.98. The van der Waals surface area contributed by atoms with Crippen LogP contribution in [0.25, 0.3) is 0 Å². The van der Waals surface area contributed by atoms with Crippen molar-refractivity contribution in [3.05, 3.63) is 30.1 Å². The molecule has 0 aliphatic carbocycles. The average Bonchev–Trinajstić information content (AvgIpc) is 2.48. The van der Waals surface area contributed by atoms with E-state index in [-0.39, 0.29) is 11.8 Å². The molecule has 0 saturated carbocycles. The molecule has 1 aromatic heterocycles. The normalized spacial score (nSPS) is 10.5. The second kappa shape index (κ2) is 9.89. The van der Waals surface area contributed by atoms with Crippen LogP contribution >= 0.6 is 0 Å². The largest absolute Gasteiger partial charge is 0.356 e. The number of rotatable bonds is 9. The summed E-state index contributed by atoms with van der Waals surface area (Å²) in [5, 5.41) is 2.88. The highest BCUT2D eigenvalue weighted by Crippen LogP contribution is 2.02. The van der Waals surface area contributed by atoms with Gasteiger partial charge in [-0.1, -0.05) is 6.07 Å². The van der Waals surface area contributed by atoms with Crippen molar-refractivity contribution in [1.82, 2.24) is 20.1 Å². The standard InChI is InChI=1S/C16H26N4O2/c1-14(21)20(13-15-7-4-5-9-17-15)12-8-16(22)18-10-6-11-19(2)3/h4-5,7,9H,6,8,10-13H2,1-3H3,(H,18,22). The van der Waals surface area contributed by atoms with Crippen molar-refractivity contribution in [2.45, 2.75) is 26.3 Å². The van der Waals surface area contributed by atoms with E-state index in [2.05, 4.69) is 15.2 Å². The topological polar surface area (TPSA) is 65.5 Å². The zero-order chi connectivity index (χ0) is 16.4. The van der Waals surface area contributed by atoms with Crippen molar-refractivity contribution in [2.75, 3.05) is 33.7 Å². The van der Waals surface area contributed by atoms with Crippen molar-refractivity contribution in [1.29, 1.82) is 0 Å².